The summed E-state index contributed by atoms with van der Waals surface area (Å²) in [6, 6.07) is -0.477. The van der Waals surface area contributed by atoms with Crippen LogP contribution in [-0.2, 0) is 4.79 Å². The second-order valence-corrected chi connectivity index (χ2v) is 4.62. The summed E-state index contributed by atoms with van der Waals surface area (Å²) in [6.07, 6.45) is -3.79. The highest BCUT2D eigenvalue weighted by Crippen LogP contribution is 2.25. The van der Waals surface area contributed by atoms with E-state index in [0.717, 1.165) is 4.90 Å². The summed E-state index contributed by atoms with van der Waals surface area (Å²) in [5.41, 5.74) is 0. The van der Waals surface area contributed by atoms with E-state index >= 15 is 0 Å². The van der Waals surface area contributed by atoms with E-state index in [0.29, 0.717) is 25.9 Å². The number of hydrogen-bond donors (Lipinski definition) is 1. The first-order valence-corrected chi connectivity index (χ1v) is 5.64. The van der Waals surface area contributed by atoms with Crippen molar-refractivity contribution in [2.75, 3.05) is 26.2 Å². The van der Waals surface area contributed by atoms with Gasteiger partial charge in [0.15, 0.2) is 0 Å². The molecular weight excluding hydrogens is 237 g/mol. The van der Waals surface area contributed by atoms with Crippen LogP contribution in [0.3, 0.4) is 0 Å². The molecule has 0 aromatic rings. The smallest absolute Gasteiger partial charge is 0.392 e. The number of rotatable bonds is 2. The first-order chi connectivity index (χ1) is 7.87. The van der Waals surface area contributed by atoms with Crippen LogP contribution in [0.15, 0.2) is 0 Å². The highest BCUT2D eigenvalue weighted by molar-refractivity contribution is 5.84. The van der Waals surface area contributed by atoms with Gasteiger partial charge >= 0.3 is 6.18 Å². The number of likely N-dealkylation sites (tertiary alicyclic amines) is 2. The van der Waals surface area contributed by atoms with Gasteiger partial charge in [-0.15, -0.1) is 0 Å². The molecule has 2 atom stereocenters. The van der Waals surface area contributed by atoms with Gasteiger partial charge in [-0.1, -0.05) is 0 Å². The fourth-order valence-electron chi connectivity index (χ4n) is 2.49. The first-order valence-electron chi connectivity index (χ1n) is 5.64. The SMILES string of the molecule is O=C1[C@@H](N2CC[C@H](O)C2)CCN1CC(F)(F)F. The van der Waals surface area contributed by atoms with E-state index in [4.69, 9.17) is 0 Å². The standard InChI is InChI=1S/C10H15F3N2O2/c11-10(12,13)6-15-4-2-8(9(15)17)14-3-1-7(16)5-14/h7-8,16H,1-6H2/t7-,8-/m0/s1. The Bertz CT molecular complexity index is 308. The molecule has 0 saturated carbocycles. The topological polar surface area (TPSA) is 43.8 Å². The molecule has 2 fully saturated rings. The lowest BCUT2D eigenvalue weighted by atomic mass is 10.2. The van der Waals surface area contributed by atoms with Crippen LogP contribution in [0, 0.1) is 0 Å². The zero-order valence-electron chi connectivity index (χ0n) is 9.28. The third kappa shape index (κ3) is 2.90. The Hall–Kier alpha value is -0.820. The average Bonchev–Trinajstić information content (AvgIpc) is 2.73. The summed E-state index contributed by atoms with van der Waals surface area (Å²) in [4.78, 5) is 14.4. The highest BCUT2D eigenvalue weighted by Gasteiger charge is 2.42. The molecule has 7 heteroatoms. The van der Waals surface area contributed by atoms with Gasteiger partial charge in [-0.3, -0.25) is 9.69 Å². The Labute approximate surface area is 97.0 Å². The summed E-state index contributed by atoms with van der Waals surface area (Å²) >= 11 is 0. The summed E-state index contributed by atoms with van der Waals surface area (Å²) in [7, 11) is 0. The molecule has 2 rings (SSSR count). The van der Waals surface area contributed by atoms with E-state index in [1.54, 1.807) is 4.90 Å². The molecule has 1 amide bonds. The van der Waals surface area contributed by atoms with E-state index in [1.165, 1.54) is 0 Å². The Morgan fingerprint density at radius 2 is 2.00 bits per heavy atom. The van der Waals surface area contributed by atoms with Crippen molar-refractivity contribution >= 4 is 5.91 Å². The monoisotopic (exact) mass is 252 g/mol. The van der Waals surface area contributed by atoms with Gasteiger partial charge in [-0.25, -0.2) is 0 Å². The van der Waals surface area contributed by atoms with Crippen LogP contribution >= 0.6 is 0 Å². The van der Waals surface area contributed by atoms with Crippen LogP contribution < -0.4 is 0 Å². The molecule has 2 aliphatic heterocycles. The van der Waals surface area contributed by atoms with Gasteiger partial charge in [0.05, 0.1) is 12.1 Å². The summed E-state index contributed by atoms with van der Waals surface area (Å²) in [6.45, 7) is -0.0535. The molecule has 0 radical (unpaired) electrons. The second-order valence-electron chi connectivity index (χ2n) is 4.62. The maximum absolute atomic E-state index is 12.2. The highest BCUT2D eigenvalue weighted by atomic mass is 19.4. The molecule has 0 unspecified atom stereocenters. The predicted molar refractivity (Wildman–Crippen MR) is 53.2 cm³/mol. The zero-order chi connectivity index (χ0) is 12.6. The number of carbonyl (C=O) groups excluding carboxylic acids is 1. The second kappa shape index (κ2) is 4.45. The van der Waals surface area contributed by atoms with Crippen LogP contribution in [0.1, 0.15) is 12.8 Å². The van der Waals surface area contributed by atoms with Crippen molar-refractivity contribution in [1.82, 2.24) is 9.80 Å². The number of β-amino-alcohol motifs (C(OH)–C–C–N with tert-alkyl or cyclic N) is 1. The molecule has 0 spiro atoms. The van der Waals surface area contributed by atoms with E-state index in [9.17, 15) is 23.1 Å². The van der Waals surface area contributed by atoms with Crippen LogP contribution in [0.2, 0.25) is 0 Å². The summed E-state index contributed by atoms with van der Waals surface area (Å²) < 4.78 is 36.6. The molecule has 17 heavy (non-hydrogen) atoms. The summed E-state index contributed by atoms with van der Waals surface area (Å²) in [5, 5.41) is 9.35. The largest absolute Gasteiger partial charge is 0.406 e. The van der Waals surface area contributed by atoms with Crippen molar-refractivity contribution in [3.63, 3.8) is 0 Å². The van der Waals surface area contributed by atoms with Crippen molar-refractivity contribution in [3.05, 3.63) is 0 Å². The van der Waals surface area contributed by atoms with Crippen LogP contribution in [0.25, 0.3) is 0 Å². The Morgan fingerprint density at radius 1 is 1.29 bits per heavy atom. The number of hydrogen-bond acceptors (Lipinski definition) is 3. The molecule has 98 valence electrons. The van der Waals surface area contributed by atoms with E-state index in [1.807, 2.05) is 0 Å². The molecule has 0 aromatic carbocycles. The van der Waals surface area contributed by atoms with Gasteiger partial charge in [0.25, 0.3) is 0 Å². The van der Waals surface area contributed by atoms with Crippen molar-refractivity contribution in [2.24, 2.45) is 0 Å². The van der Waals surface area contributed by atoms with Crippen molar-refractivity contribution < 1.29 is 23.1 Å². The zero-order valence-corrected chi connectivity index (χ0v) is 9.28. The number of carbonyl (C=O) groups is 1. The van der Waals surface area contributed by atoms with Crippen LogP contribution in [-0.4, -0.2) is 65.3 Å². The predicted octanol–water partition coefficient (Wildman–Crippen LogP) is 0.216. The van der Waals surface area contributed by atoms with Gasteiger partial charge in [0.1, 0.15) is 6.54 Å². The molecule has 0 bridgehead atoms. The average molecular weight is 252 g/mol. The number of nitrogens with zero attached hydrogens (tertiary/aromatic N) is 2. The summed E-state index contributed by atoms with van der Waals surface area (Å²) in [5.74, 6) is -0.462. The van der Waals surface area contributed by atoms with Gasteiger partial charge in [-0.2, -0.15) is 13.2 Å². The third-order valence-corrected chi connectivity index (χ3v) is 3.27. The van der Waals surface area contributed by atoms with Crippen LogP contribution in [0.4, 0.5) is 13.2 Å². The number of aliphatic hydroxyl groups excluding tert-OH is 1. The lowest BCUT2D eigenvalue weighted by Gasteiger charge is -2.23. The number of alkyl halides is 3. The van der Waals surface area contributed by atoms with E-state index < -0.39 is 30.8 Å². The number of aliphatic hydroxyl groups is 1. The lowest BCUT2D eigenvalue weighted by Crippen LogP contribution is -2.43. The molecule has 2 saturated heterocycles. The minimum absolute atomic E-state index is 0.148. The van der Waals surface area contributed by atoms with E-state index in [2.05, 4.69) is 0 Å². The molecular formula is C10H15F3N2O2. The van der Waals surface area contributed by atoms with E-state index in [-0.39, 0.29) is 6.54 Å². The lowest BCUT2D eigenvalue weighted by molar-refractivity contribution is -0.159. The van der Waals surface area contributed by atoms with Crippen molar-refractivity contribution in [2.45, 2.75) is 31.2 Å². The Balaban J connectivity index is 1.93. The minimum Gasteiger partial charge on any atom is -0.392 e. The van der Waals surface area contributed by atoms with Gasteiger partial charge < -0.3 is 10.0 Å². The Morgan fingerprint density at radius 3 is 2.53 bits per heavy atom. The van der Waals surface area contributed by atoms with Gasteiger partial charge in [0, 0.05) is 19.6 Å². The fraction of sp³-hybridized carbons (Fsp3) is 0.900. The number of amides is 1. The third-order valence-electron chi connectivity index (χ3n) is 3.27. The maximum Gasteiger partial charge on any atom is 0.406 e. The van der Waals surface area contributed by atoms with Crippen molar-refractivity contribution in [3.8, 4) is 0 Å². The maximum atomic E-state index is 12.2. The molecule has 2 aliphatic rings. The molecule has 0 aliphatic carbocycles. The van der Waals surface area contributed by atoms with Gasteiger partial charge in [-0.05, 0) is 12.8 Å². The van der Waals surface area contributed by atoms with Gasteiger partial charge in [0.2, 0.25) is 5.91 Å². The number of halogens is 3. The Kier molecular flexibility index (Phi) is 3.31. The normalized spacial score (nSPS) is 31.5. The molecule has 1 N–H and O–H groups in total. The molecule has 0 aromatic heterocycles. The quantitative estimate of drug-likeness (QED) is 0.764. The van der Waals surface area contributed by atoms with Crippen LogP contribution in [0.5, 0.6) is 0 Å². The molecule has 4 nitrogen and oxygen atoms in total. The minimum atomic E-state index is -4.34. The molecule has 2 heterocycles. The first kappa shape index (κ1) is 12.6. The fourth-order valence-corrected chi connectivity index (χ4v) is 2.49. The van der Waals surface area contributed by atoms with Crippen molar-refractivity contribution in [1.29, 1.82) is 0 Å².